The van der Waals surface area contributed by atoms with Gasteiger partial charge in [-0.3, -0.25) is 4.79 Å². The number of sulfonamides is 1. The van der Waals surface area contributed by atoms with Crippen molar-refractivity contribution in [2.24, 2.45) is 0 Å². The lowest BCUT2D eigenvalue weighted by Crippen LogP contribution is -2.31. The molecule has 3 rings (SSSR count). The van der Waals surface area contributed by atoms with E-state index < -0.39 is 10.0 Å². The van der Waals surface area contributed by atoms with Crippen molar-refractivity contribution in [2.75, 3.05) is 30.8 Å². The lowest BCUT2D eigenvalue weighted by atomic mass is 10.3. The third-order valence-electron chi connectivity index (χ3n) is 4.28. The van der Waals surface area contributed by atoms with E-state index in [2.05, 4.69) is 20.4 Å². The molecule has 3 aromatic rings. The van der Waals surface area contributed by atoms with Crippen LogP contribution in [0.5, 0.6) is 5.75 Å². The minimum Gasteiger partial charge on any atom is -0.492 e. The summed E-state index contributed by atoms with van der Waals surface area (Å²) in [7, 11) is -3.76. The number of carbonyl (C=O) groups is 1. The number of anilines is 1. The van der Waals surface area contributed by atoms with Gasteiger partial charge in [0.1, 0.15) is 10.6 Å². The van der Waals surface area contributed by atoms with Gasteiger partial charge in [-0.1, -0.05) is 25.6 Å². The Morgan fingerprint density at radius 1 is 1.26 bits per heavy atom. The molecule has 12 heteroatoms. The van der Waals surface area contributed by atoms with Gasteiger partial charge in [-0.2, -0.15) is 9.29 Å². The summed E-state index contributed by atoms with van der Waals surface area (Å²) < 4.78 is 34.4. The molecule has 0 bridgehead atoms. The molecule has 0 aliphatic rings. The third kappa shape index (κ3) is 5.32. The monoisotopic (exact) mass is 464 g/mol. The van der Waals surface area contributed by atoms with E-state index in [9.17, 15) is 13.2 Å². The largest absolute Gasteiger partial charge is 0.492 e. The maximum atomic E-state index is 13.0. The minimum absolute atomic E-state index is 0.0246. The van der Waals surface area contributed by atoms with E-state index in [-0.39, 0.29) is 22.3 Å². The fourth-order valence-corrected chi connectivity index (χ4v) is 5.11. The van der Waals surface area contributed by atoms with Gasteiger partial charge in [-0.25, -0.2) is 17.9 Å². The number of thioether (sulfide) groups is 1. The van der Waals surface area contributed by atoms with Crippen LogP contribution in [0.1, 0.15) is 20.8 Å². The van der Waals surface area contributed by atoms with Crippen molar-refractivity contribution in [3.8, 4) is 5.75 Å². The zero-order chi connectivity index (χ0) is 22.4. The number of rotatable bonds is 10. The maximum Gasteiger partial charge on any atom is 0.253 e. The number of ether oxygens (including phenoxy) is 1. The summed E-state index contributed by atoms with van der Waals surface area (Å²) >= 11 is 1.16. The van der Waals surface area contributed by atoms with Crippen molar-refractivity contribution in [1.82, 2.24) is 23.9 Å². The molecule has 0 saturated heterocycles. The number of benzene rings is 1. The predicted molar refractivity (Wildman–Crippen MR) is 118 cm³/mol. The Morgan fingerprint density at radius 2 is 2.03 bits per heavy atom. The molecule has 166 valence electrons. The Morgan fingerprint density at radius 3 is 2.71 bits per heavy atom. The Labute approximate surface area is 185 Å². The van der Waals surface area contributed by atoms with Gasteiger partial charge in [0, 0.05) is 31.2 Å². The van der Waals surface area contributed by atoms with Crippen LogP contribution in [0.3, 0.4) is 0 Å². The van der Waals surface area contributed by atoms with E-state index in [0.29, 0.717) is 36.3 Å². The number of carbonyl (C=O) groups excluding carboxylic acids is 1. The highest BCUT2D eigenvalue weighted by molar-refractivity contribution is 7.99. The number of hydrogen-bond acceptors (Lipinski definition) is 8. The highest BCUT2D eigenvalue weighted by Gasteiger charge is 2.26. The van der Waals surface area contributed by atoms with Crippen molar-refractivity contribution in [3.05, 3.63) is 36.7 Å². The number of hydrogen-bond donors (Lipinski definition) is 1. The molecule has 0 aliphatic heterocycles. The van der Waals surface area contributed by atoms with Gasteiger partial charge in [-0.05, 0) is 31.2 Å². The summed E-state index contributed by atoms with van der Waals surface area (Å²) in [6.07, 6.45) is 3.33. The van der Waals surface area contributed by atoms with Crippen molar-refractivity contribution < 1.29 is 17.9 Å². The zero-order valence-electron chi connectivity index (χ0n) is 17.5. The smallest absolute Gasteiger partial charge is 0.253 e. The summed E-state index contributed by atoms with van der Waals surface area (Å²) in [6.45, 7) is 6.31. The van der Waals surface area contributed by atoms with Crippen LogP contribution >= 0.6 is 11.8 Å². The normalized spacial score (nSPS) is 11.7. The minimum atomic E-state index is -3.76. The molecule has 10 nitrogen and oxygen atoms in total. The first kappa shape index (κ1) is 23.0. The van der Waals surface area contributed by atoms with Crippen LogP contribution in [-0.2, 0) is 14.8 Å². The first-order valence-corrected chi connectivity index (χ1v) is 12.2. The second kappa shape index (κ2) is 10.1. The van der Waals surface area contributed by atoms with Gasteiger partial charge in [0.25, 0.3) is 5.78 Å². The highest BCUT2D eigenvalue weighted by atomic mass is 32.2. The summed E-state index contributed by atoms with van der Waals surface area (Å²) in [5, 5.41) is 7.38. The maximum absolute atomic E-state index is 13.0. The standard InChI is InChI=1S/C19H24N6O4S2/c1-4-24(5-2)31(27,28)16-12-14(8-9-15(16)29-6-3)21-17(26)13-30-19-22-18-20-10-7-11-25(18)23-19/h7-12H,4-6,13H2,1-3H3,(H,21,26). The average Bonchev–Trinajstić information content (AvgIpc) is 3.17. The van der Waals surface area contributed by atoms with Crippen LogP contribution in [0.4, 0.5) is 5.69 Å². The molecular formula is C19H24N6O4S2. The van der Waals surface area contributed by atoms with Crippen molar-refractivity contribution in [1.29, 1.82) is 0 Å². The van der Waals surface area contributed by atoms with Gasteiger partial charge in [-0.15, -0.1) is 5.10 Å². The second-order valence-electron chi connectivity index (χ2n) is 6.28. The van der Waals surface area contributed by atoms with E-state index >= 15 is 0 Å². The summed E-state index contributed by atoms with van der Waals surface area (Å²) in [4.78, 5) is 20.8. The van der Waals surface area contributed by atoms with Gasteiger partial charge in [0.2, 0.25) is 21.1 Å². The topological polar surface area (TPSA) is 119 Å². The van der Waals surface area contributed by atoms with Gasteiger partial charge < -0.3 is 10.1 Å². The van der Waals surface area contributed by atoms with E-state index in [1.165, 1.54) is 14.9 Å². The van der Waals surface area contributed by atoms with Crippen LogP contribution < -0.4 is 10.1 Å². The lowest BCUT2D eigenvalue weighted by molar-refractivity contribution is -0.113. The summed E-state index contributed by atoms with van der Waals surface area (Å²) in [5.41, 5.74) is 0.365. The molecule has 0 atom stereocenters. The Hall–Kier alpha value is -2.70. The lowest BCUT2D eigenvalue weighted by Gasteiger charge is -2.21. The fraction of sp³-hybridized carbons (Fsp3) is 0.368. The molecule has 0 fully saturated rings. The molecule has 0 radical (unpaired) electrons. The average molecular weight is 465 g/mol. The van der Waals surface area contributed by atoms with Crippen LogP contribution in [0.25, 0.3) is 5.78 Å². The molecule has 0 aliphatic carbocycles. The number of nitrogens with one attached hydrogen (secondary N) is 1. The first-order valence-electron chi connectivity index (χ1n) is 9.76. The SMILES string of the molecule is CCOc1ccc(NC(=O)CSc2nc3ncccn3n2)cc1S(=O)(=O)N(CC)CC. The number of nitrogens with zero attached hydrogens (tertiary/aromatic N) is 5. The molecule has 0 spiro atoms. The van der Waals surface area contributed by atoms with Crippen LogP contribution in [0, 0.1) is 0 Å². The predicted octanol–water partition coefficient (Wildman–Crippen LogP) is 2.28. The summed E-state index contributed by atoms with van der Waals surface area (Å²) in [6, 6.07) is 6.33. The van der Waals surface area contributed by atoms with Crippen molar-refractivity contribution in [2.45, 2.75) is 30.8 Å². The van der Waals surface area contributed by atoms with E-state index in [1.54, 1.807) is 51.4 Å². The second-order valence-corrected chi connectivity index (χ2v) is 9.13. The Balaban J connectivity index is 1.75. The van der Waals surface area contributed by atoms with Crippen LogP contribution in [0.2, 0.25) is 0 Å². The molecule has 1 aromatic carbocycles. The van der Waals surface area contributed by atoms with E-state index in [4.69, 9.17) is 4.74 Å². The molecule has 2 aromatic heterocycles. The van der Waals surface area contributed by atoms with Crippen LogP contribution in [-0.4, -0.2) is 63.7 Å². The number of aromatic nitrogens is 4. The molecule has 1 N–H and O–H groups in total. The van der Waals surface area contributed by atoms with Crippen molar-refractivity contribution >= 4 is 39.2 Å². The van der Waals surface area contributed by atoms with Gasteiger partial charge in [0.15, 0.2) is 0 Å². The first-order chi connectivity index (χ1) is 14.9. The molecular weight excluding hydrogens is 440 g/mol. The van der Waals surface area contributed by atoms with Gasteiger partial charge in [0.05, 0.1) is 12.4 Å². The van der Waals surface area contributed by atoms with Gasteiger partial charge >= 0.3 is 0 Å². The fourth-order valence-electron chi connectivity index (χ4n) is 2.87. The zero-order valence-corrected chi connectivity index (χ0v) is 19.1. The molecule has 0 unspecified atom stereocenters. The number of fused-ring (bicyclic) bond motifs is 1. The van der Waals surface area contributed by atoms with Crippen LogP contribution in [0.15, 0.2) is 46.7 Å². The molecule has 0 saturated carbocycles. The quantitative estimate of drug-likeness (QED) is 0.454. The van der Waals surface area contributed by atoms with E-state index in [1.807, 2.05) is 0 Å². The Bertz CT molecular complexity index is 1130. The molecule has 31 heavy (non-hydrogen) atoms. The summed E-state index contributed by atoms with van der Waals surface area (Å²) in [5.74, 6) is 0.445. The molecule has 2 heterocycles. The Kier molecular flexibility index (Phi) is 7.46. The third-order valence-corrected chi connectivity index (χ3v) is 7.19. The highest BCUT2D eigenvalue weighted by Crippen LogP contribution is 2.30. The molecule has 1 amide bonds. The van der Waals surface area contributed by atoms with Crippen molar-refractivity contribution in [3.63, 3.8) is 0 Å². The number of amides is 1. The van der Waals surface area contributed by atoms with E-state index in [0.717, 1.165) is 11.8 Å².